The highest BCUT2D eigenvalue weighted by Crippen LogP contribution is 2.37. The molecule has 0 bridgehead atoms. The average molecular weight is 414 g/mol. The minimum absolute atomic E-state index is 0.0424. The molecule has 0 fully saturated rings. The van der Waals surface area contributed by atoms with Gasteiger partial charge < -0.3 is 19.2 Å². The summed E-state index contributed by atoms with van der Waals surface area (Å²) < 4.78 is 15.8. The minimum Gasteiger partial charge on any atom is -0.493 e. The van der Waals surface area contributed by atoms with Crippen molar-refractivity contribution in [2.24, 2.45) is 5.10 Å². The number of nitrogens with zero attached hydrogens (tertiary/aromatic N) is 2. The van der Waals surface area contributed by atoms with Crippen molar-refractivity contribution in [2.45, 2.75) is 0 Å². The van der Waals surface area contributed by atoms with E-state index in [1.807, 2.05) is 17.5 Å². The molecule has 0 spiro atoms. The van der Waals surface area contributed by atoms with Crippen LogP contribution < -0.4 is 25.3 Å². The Kier molecular flexibility index (Phi) is 6.25. The summed E-state index contributed by atoms with van der Waals surface area (Å²) in [5.74, 6) is 0.746. The zero-order chi connectivity index (χ0) is 20.8. The second-order valence-electron chi connectivity index (χ2n) is 5.62. The lowest BCUT2D eigenvalue weighted by Crippen LogP contribution is -2.24. The Bertz CT molecular complexity index is 1070. The molecule has 0 saturated heterocycles. The average Bonchev–Trinajstić information content (AvgIpc) is 3.27. The fraction of sp³-hybridized carbons (Fsp3) is 0.158. The molecule has 150 valence electrons. The van der Waals surface area contributed by atoms with Gasteiger partial charge in [0, 0.05) is 5.56 Å². The van der Waals surface area contributed by atoms with Crippen LogP contribution in [0.4, 0.5) is 0 Å². The molecular formula is C19H18N4O5S. The maximum atomic E-state index is 12.3. The van der Waals surface area contributed by atoms with E-state index in [-0.39, 0.29) is 5.69 Å². The number of H-pyrrole nitrogens is 1. The molecule has 0 atom stereocenters. The minimum atomic E-state index is -0.616. The number of aromatic amines is 1. The summed E-state index contributed by atoms with van der Waals surface area (Å²) in [6, 6.07) is 8.53. The van der Waals surface area contributed by atoms with Gasteiger partial charge in [0.2, 0.25) is 5.75 Å². The summed E-state index contributed by atoms with van der Waals surface area (Å²) in [6.07, 6.45) is 1.41. The van der Waals surface area contributed by atoms with Crippen LogP contribution in [0.25, 0.3) is 10.6 Å². The maximum absolute atomic E-state index is 12.3. The number of carbonyl (C=O) groups is 1. The molecule has 1 aromatic carbocycles. The lowest BCUT2D eigenvalue weighted by molar-refractivity contribution is 0.0949. The van der Waals surface area contributed by atoms with E-state index in [4.69, 9.17) is 14.2 Å². The first kappa shape index (κ1) is 20.1. The van der Waals surface area contributed by atoms with Crippen molar-refractivity contribution in [2.75, 3.05) is 21.3 Å². The standard InChI is InChI=1S/C19H18N4O5S/c1-26-14-7-11(8-15(27-2)17(14)28-3)10-20-23-18(24)13-9-12(21-19(25)22-13)16-5-4-6-29-16/h4-10H,1-3H3,(H,23,24)(H,21,22,25)/b20-10+. The van der Waals surface area contributed by atoms with E-state index in [0.717, 1.165) is 4.88 Å². The van der Waals surface area contributed by atoms with Crippen molar-refractivity contribution in [3.63, 3.8) is 0 Å². The number of carbonyl (C=O) groups excluding carboxylic acids is 1. The van der Waals surface area contributed by atoms with Crippen LogP contribution in [0, 0.1) is 0 Å². The molecule has 2 heterocycles. The number of methoxy groups -OCH3 is 3. The third kappa shape index (κ3) is 4.61. The molecule has 29 heavy (non-hydrogen) atoms. The topological polar surface area (TPSA) is 115 Å². The Morgan fingerprint density at radius 1 is 1.17 bits per heavy atom. The number of amides is 1. The number of ether oxygens (including phenoxy) is 3. The lowest BCUT2D eigenvalue weighted by Gasteiger charge is -2.12. The number of rotatable bonds is 7. The van der Waals surface area contributed by atoms with E-state index >= 15 is 0 Å². The van der Waals surface area contributed by atoms with E-state index in [2.05, 4.69) is 20.5 Å². The molecule has 10 heteroatoms. The van der Waals surface area contributed by atoms with E-state index in [1.165, 1.54) is 44.9 Å². The van der Waals surface area contributed by atoms with Gasteiger partial charge in [-0.15, -0.1) is 11.3 Å². The van der Waals surface area contributed by atoms with Crippen LogP contribution in [-0.2, 0) is 0 Å². The highest BCUT2D eigenvalue weighted by Gasteiger charge is 2.13. The zero-order valence-corrected chi connectivity index (χ0v) is 16.7. The largest absolute Gasteiger partial charge is 0.493 e. The fourth-order valence-corrected chi connectivity index (χ4v) is 3.23. The van der Waals surface area contributed by atoms with Crippen LogP contribution in [0.15, 0.2) is 45.6 Å². The monoisotopic (exact) mass is 414 g/mol. The van der Waals surface area contributed by atoms with Gasteiger partial charge in [-0.25, -0.2) is 10.2 Å². The summed E-state index contributed by atoms with van der Waals surface area (Å²) in [5.41, 5.74) is 2.82. The Morgan fingerprint density at radius 3 is 2.48 bits per heavy atom. The number of hydrazone groups is 1. The number of nitrogens with one attached hydrogen (secondary N) is 2. The molecule has 1 amide bonds. The van der Waals surface area contributed by atoms with Gasteiger partial charge in [-0.2, -0.15) is 10.1 Å². The normalized spacial score (nSPS) is 10.7. The summed E-state index contributed by atoms with van der Waals surface area (Å²) in [4.78, 5) is 31.3. The summed E-state index contributed by atoms with van der Waals surface area (Å²) in [6.45, 7) is 0. The highest BCUT2D eigenvalue weighted by atomic mass is 32.1. The Labute approximate surface area is 170 Å². The van der Waals surface area contributed by atoms with E-state index in [9.17, 15) is 9.59 Å². The van der Waals surface area contributed by atoms with Gasteiger partial charge in [0.25, 0.3) is 5.91 Å². The molecule has 9 nitrogen and oxygen atoms in total. The molecule has 2 aromatic heterocycles. The summed E-state index contributed by atoms with van der Waals surface area (Å²) in [7, 11) is 4.51. The van der Waals surface area contributed by atoms with Crippen LogP contribution in [0.2, 0.25) is 0 Å². The number of hydrogen-bond acceptors (Lipinski definition) is 8. The van der Waals surface area contributed by atoms with Gasteiger partial charge in [0.15, 0.2) is 11.5 Å². The Balaban J connectivity index is 1.79. The van der Waals surface area contributed by atoms with Gasteiger partial charge in [-0.3, -0.25) is 4.79 Å². The first-order chi connectivity index (χ1) is 14.0. The van der Waals surface area contributed by atoms with Crippen LogP contribution in [0.5, 0.6) is 17.2 Å². The van der Waals surface area contributed by atoms with Gasteiger partial charge in [-0.05, 0) is 29.6 Å². The van der Waals surface area contributed by atoms with Crippen LogP contribution >= 0.6 is 11.3 Å². The SMILES string of the molecule is COc1cc(/C=N/NC(=O)c2cc(-c3cccs3)[nH]c(=O)n2)cc(OC)c1OC. The fourth-order valence-electron chi connectivity index (χ4n) is 2.54. The number of aromatic nitrogens is 2. The molecule has 2 N–H and O–H groups in total. The van der Waals surface area contributed by atoms with E-state index in [0.29, 0.717) is 28.5 Å². The predicted octanol–water partition coefficient (Wildman–Crippen LogP) is 2.29. The van der Waals surface area contributed by atoms with E-state index < -0.39 is 11.6 Å². The molecule has 0 aliphatic carbocycles. The quantitative estimate of drug-likeness (QED) is 0.453. The third-order valence-electron chi connectivity index (χ3n) is 3.83. The zero-order valence-electron chi connectivity index (χ0n) is 15.9. The molecular weight excluding hydrogens is 396 g/mol. The van der Waals surface area contributed by atoms with Crippen molar-refractivity contribution >= 4 is 23.5 Å². The van der Waals surface area contributed by atoms with Gasteiger partial charge in [0.1, 0.15) is 5.69 Å². The molecule has 0 aliphatic heterocycles. The van der Waals surface area contributed by atoms with E-state index in [1.54, 1.807) is 12.1 Å². The predicted molar refractivity (Wildman–Crippen MR) is 109 cm³/mol. The van der Waals surface area contributed by atoms with Gasteiger partial charge in [-0.1, -0.05) is 6.07 Å². The van der Waals surface area contributed by atoms with Crippen molar-refractivity contribution < 1.29 is 19.0 Å². The first-order valence-electron chi connectivity index (χ1n) is 8.34. The summed E-state index contributed by atoms with van der Waals surface area (Å²) in [5, 5.41) is 5.79. The maximum Gasteiger partial charge on any atom is 0.346 e. The Hall–Kier alpha value is -3.66. The Morgan fingerprint density at radius 2 is 1.90 bits per heavy atom. The highest BCUT2D eigenvalue weighted by molar-refractivity contribution is 7.13. The molecule has 0 unspecified atom stereocenters. The van der Waals surface area contributed by atoms with Crippen molar-refractivity contribution in [3.05, 3.63) is 57.5 Å². The van der Waals surface area contributed by atoms with Crippen LogP contribution in [-0.4, -0.2) is 43.4 Å². The van der Waals surface area contributed by atoms with Crippen molar-refractivity contribution in [1.82, 2.24) is 15.4 Å². The second-order valence-corrected chi connectivity index (χ2v) is 6.57. The smallest absolute Gasteiger partial charge is 0.346 e. The van der Waals surface area contributed by atoms with Crippen molar-refractivity contribution in [3.8, 4) is 27.8 Å². The van der Waals surface area contributed by atoms with Gasteiger partial charge in [0.05, 0.1) is 38.1 Å². The lowest BCUT2D eigenvalue weighted by atomic mass is 10.2. The van der Waals surface area contributed by atoms with Gasteiger partial charge >= 0.3 is 5.69 Å². The first-order valence-corrected chi connectivity index (χ1v) is 9.22. The molecule has 0 aliphatic rings. The number of hydrogen-bond donors (Lipinski definition) is 2. The van der Waals surface area contributed by atoms with Crippen molar-refractivity contribution in [1.29, 1.82) is 0 Å². The molecule has 3 rings (SSSR count). The molecule has 0 saturated carbocycles. The molecule has 3 aromatic rings. The number of benzene rings is 1. The van der Waals surface area contributed by atoms with Crippen LogP contribution in [0.3, 0.4) is 0 Å². The number of thiophene rings is 1. The van der Waals surface area contributed by atoms with Crippen LogP contribution in [0.1, 0.15) is 16.1 Å². The second kappa shape index (κ2) is 9.02. The molecule has 0 radical (unpaired) electrons. The third-order valence-corrected chi connectivity index (χ3v) is 4.73. The summed E-state index contributed by atoms with van der Waals surface area (Å²) >= 11 is 1.44.